The van der Waals surface area contributed by atoms with Crippen LogP contribution in [0.25, 0.3) is 0 Å². The molecule has 3 heterocycles. The van der Waals surface area contributed by atoms with Gasteiger partial charge in [0.05, 0.1) is 18.1 Å². The van der Waals surface area contributed by atoms with Crippen LogP contribution in [-0.4, -0.2) is 44.1 Å². The zero-order valence-corrected chi connectivity index (χ0v) is 13.8. The molecule has 122 valence electrons. The topological polar surface area (TPSA) is 90.7 Å². The molecule has 0 bridgehead atoms. The van der Waals surface area contributed by atoms with E-state index >= 15 is 0 Å². The monoisotopic (exact) mass is 354 g/mol. The average Bonchev–Trinajstić information content (AvgIpc) is 2.80. The number of rotatable bonds is 5. The van der Waals surface area contributed by atoms with Crippen molar-refractivity contribution < 1.29 is 19.8 Å². The van der Waals surface area contributed by atoms with Crippen molar-refractivity contribution in [2.75, 3.05) is 0 Å². The molecule has 0 spiro atoms. The lowest BCUT2D eigenvalue weighted by atomic mass is 9.83. The fraction of sp³-hybridized carbons (Fsp3) is 0.400. The minimum atomic E-state index is -1.12. The van der Waals surface area contributed by atoms with E-state index in [4.69, 9.17) is 11.6 Å². The number of β-lactam (4-membered cyclic amide) rings is 1. The molecule has 23 heavy (non-hydrogen) atoms. The molecule has 3 atom stereocenters. The largest absolute Gasteiger partial charge is 0.477 e. The van der Waals surface area contributed by atoms with E-state index < -0.39 is 18.0 Å². The molecule has 2 aliphatic rings. The van der Waals surface area contributed by atoms with E-state index in [-0.39, 0.29) is 17.6 Å². The maximum Gasteiger partial charge on any atom is 0.353 e. The summed E-state index contributed by atoms with van der Waals surface area (Å²) >= 11 is 7.36. The number of carboxylic acids is 1. The number of fused-ring (bicyclic) bond motifs is 1. The van der Waals surface area contributed by atoms with Gasteiger partial charge in [0.15, 0.2) is 0 Å². The molecule has 0 aromatic carbocycles. The third kappa shape index (κ3) is 2.73. The van der Waals surface area contributed by atoms with E-state index in [0.29, 0.717) is 22.2 Å². The Hall–Kier alpha value is -1.57. The van der Waals surface area contributed by atoms with Gasteiger partial charge in [0.2, 0.25) is 5.91 Å². The summed E-state index contributed by atoms with van der Waals surface area (Å²) in [6.45, 7) is 1.56. The molecule has 0 radical (unpaired) electrons. The molecule has 8 heteroatoms. The standard InChI is InChI=1S/C15H15ClN2O4S/c1-7(19)11-9-5-10(12(15(21)22)18(9)14(11)20)23-6-8-3-2-4-17-13(8)16/h2-4,7,9,11,19H,5-6H2,1H3,(H,21,22)/t7-,9-,11-/m1/s1. The Balaban J connectivity index is 1.80. The lowest BCUT2D eigenvalue weighted by molar-refractivity contribution is -0.161. The normalized spacial score (nSPS) is 24.5. The number of pyridine rings is 1. The molecule has 3 rings (SSSR count). The van der Waals surface area contributed by atoms with Gasteiger partial charge in [-0.3, -0.25) is 4.79 Å². The van der Waals surface area contributed by atoms with E-state index in [1.165, 1.54) is 16.7 Å². The number of carbonyl (C=O) groups excluding carboxylic acids is 1. The molecule has 6 nitrogen and oxygen atoms in total. The second-order valence-electron chi connectivity index (χ2n) is 5.57. The number of amides is 1. The van der Waals surface area contributed by atoms with Crippen LogP contribution in [0.3, 0.4) is 0 Å². The van der Waals surface area contributed by atoms with Crippen LogP contribution in [0.1, 0.15) is 18.9 Å². The summed E-state index contributed by atoms with van der Waals surface area (Å²) in [6, 6.07) is 3.33. The molecule has 2 N–H and O–H groups in total. The number of aliphatic hydroxyl groups is 1. The van der Waals surface area contributed by atoms with Gasteiger partial charge in [-0.05, 0) is 18.6 Å². The average molecular weight is 355 g/mol. The van der Waals surface area contributed by atoms with Gasteiger partial charge >= 0.3 is 5.97 Å². The second kappa shape index (κ2) is 6.14. The van der Waals surface area contributed by atoms with Gasteiger partial charge in [0.1, 0.15) is 10.9 Å². The number of aliphatic hydroxyl groups excluding tert-OH is 1. The van der Waals surface area contributed by atoms with Crippen molar-refractivity contribution in [3.8, 4) is 0 Å². The predicted octanol–water partition coefficient (Wildman–Crippen LogP) is 1.88. The van der Waals surface area contributed by atoms with Crippen LogP contribution >= 0.6 is 23.4 Å². The van der Waals surface area contributed by atoms with Crippen LogP contribution in [0, 0.1) is 5.92 Å². The molecular formula is C15H15ClN2O4S. The van der Waals surface area contributed by atoms with E-state index in [0.717, 1.165) is 5.56 Å². The van der Waals surface area contributed by atoms with Crippen LogP contribution in [0.2, 0.25) is 5.15 Å². The van der Waals surface area contributed by atoms with Crippen LogP contribution < -0.4 is 0 Å². The van der Waals surface area contributed by atoms with Gasteiger partial charge in [-0.1, -0.05) is 17.7 Å². The van der Waals surface area contributed by atoms with Gasteiger partial charge in [0, 0.05) is 23.3 Å². The highest BCUT2D eigenvalue weighted by Gasteiger charge is 2.56. The van der Waals surface area contributed by atoms with Gasteiger partial charge in [0.25, 0.3) is 0 Å². The maximum atomic E-state index is 12.1. The second-order valence-corrected chi connectivity index (χ2v) is 6.99. The maximum absolute atomic E-state index is 12.1. The van der Waals surface area contributed by atoms with Crippen molar-refractivity contribution in [1.82, 2.24) is 9.88 Å². The molecule has 0 aliphatic carbocycles. The van der Waals surface area contributed by atoms with Gasteiger partial charge in [-0.25, -0.2) is 9.78 Å². The minimum absolute atomic E-state index is 0.0295. The van der Waals surface area contributed by atoms with E-state index in [2.05, 4.69) is 4.98 Å². The van der Waals surface area contributed by atoms with Crippen molar-refractivity contribution in [3.05, 3.63) is 39.6 Å². The Morgan fingerprint density at radius 1 is 1.61 bits per heavy atom. The van der Waals surface area contributed by atoms with Crippen molar-refractivity contribution in [3.63, 3.8) is 0 Å². The van der Waals surface area contributed by atoms with E-state index in [1.807, 2.05) is 6.07 Å². The van der Waals surface area contributed by atoms with Crippen molar-refractivity contribution in [2.45, 2.75) is 31.2 Å². The first-order chi connectivity index (χ1) is 10.9. The summed E-state index contributed by atoms with van der Waals surface area (Å²) in [5.74, 6) is -1.49. The van der Waals surface area contributed by atoms with Crippen molar-refractivity contribution >= 4 is 35.2 Å². The first kappa shape index (κ1) is 16.3. The summed E-state index contributed by atoms with van der Waals surface area (Å²) in [4.78, 5) is 29.6. The van der Waals surface area contributed by atoms with E-state index in [9.17, 15) is 19.8 Å². The minimum Gasteiger partial charge on any atom is -0.477 e. The Morgan fingerprint density at radius 2 is 2.35 bits per heavy atom. The number of carbonyl (C=O) groups is 2. The molecule has 2 aliphatic heterocycles. The van der Waals surface area contributed by atoms with Crippen molar-refractivity contribution in [2.24, 2.45) is 5.92 Å². The summed E-state index contributed by atoms with van der Waals surface area (Å²) < 4.78 is 0. The number of hydrogen-bond donors (Lipinski definition) is 2. The highest BCUT2D eigenvalue weighted by molar-refractivity contribution is 8.02. The molecule has 1 aromatic rings. The molecule has 1 fully saturated rings. The first-order valence-corrected chi connectivity index (χ1v) is 8.48. The third-order valence-corrected chi connectivity index (χ3v) is 5.63. The summed E-state index contributed by atoms with van der Waals surface area (Å²) in [5, 5.41) is 19.5. The van der Waals surface area contributed by atoms with Gasteiger partial charge in [-0.15, -0.1) is 11.8 Å². The zero-order valence-electron chi connectivity index (χ0n) is 12.3. The Kier molecular flexibility index (Phi) is 4.35. The number of aromatic nitrogens is 1. The molecule has 0 unspecified atom stereocenters. The van der Waals surface area contributed by atoms with E-state index in [1.54, 1.807) is 19.2 Å². The number of aliphatic carboxylic acids is 1. The quantitative estimate of drug-likeness (QED) is 0.619. The Bertz CT molecular complexity index is 706. The van der Waals surface area contributed by atoms with Crippen molar-refractivity contribution in [1.29, 1.82) is 0 Å². The van der Waals surface area contributed by atoms with Gasteiger partial charge in [-0.2, -0.15) is 0 Å². The predicted molar refractivity (Wildman–Crippen MR) is 85.6 cm³/mol. The zero-order chi connectivity index (χ0) is 16.7. The van der Waals surface area contributed by atoms with Crippen LogP contribution in [0.4, 0.5) is 0 Å². The highest BCUT2D eigenvalue weighted by Crippen LogP contribution is 2.47. The Labute approximate surface area is 142 Å². The summed E-state index contributed by atoms with van der Waals surface area (Å²) in [5.41, 5.74) is 0.839. The lowest BCUT2D eigenvalue weighted by Gasteiger charge is -2.44. The van der Waals surface area contributed by atoms with Gasteiger partial charge < -0.3 is 15.1 Å². The SMILES string of the molecule is C[C@@H](O)[C@H]1C(=O)N2C(C(=O)O)=C(SCc3cccnc3Cl)C[C@H]12. The molecule has 1 amide bonds. The van der Waals surface area contributed by atoms with Crippen LogP contribution in [-0.2, 0) is 15.3 Å². The lowest BCUT2D eigenvalue weighted by Crippen LogP contribution is -2.61. The highest BCUT2D eigenvalue weighted by atomic mass is 35.5. The number of halogens is 1. The smallest absolute Gasteiger partial charge is 0.353 e. The summed E-state index contributed by atoms with van der Waals surface area (Å²) in [7, 11) is 0. The summed E-state index contributed by atoms with van der Waals surface area (Å²) in [6.07, 6.45) is 1.26. The molecular weight excluding hydrogens is 340 g/mol. The number of hydrogen-bond acceptors (Lipinski definition) is 5. The van der Waals surface area contributed by atoms with Crippen LogP contribution in [0.15, 0.2) is 28.9 Å². The number of nitrogens with zero attached hydrogens (tertiary/aromatic N) is 2. The fourth-order valence-corrected chi connectivity index (χ4v) is 4.49. The number of carboxylic acid groups (broad SMARTS) is 1. The third-order valence-electron chi connectivity index (χ3n) is 4.13. The first-order valence-electron chi connectivity index (χ1n) is 7.11. The fourth-order valence-electron chi connectivity index (χ4n) is 3.05. The van der Waals surface area contributed by atoms with Crippen LogP contribution in [0.5, 0.6) is 0 Å². The Morgan fingerprint density at radius 3 is 2.96 bits per heavy atom. The molecule has 1 saturated heterocycles. The number of thioether (sulfide) groups is 1. The molecule has 1 aromatic heterocycles. The molecule has 0 saturated carbocycles.